The van der Waals surface area contributed by atoms with E-state index in [1.807, 2.05) is 31.2 Å². The average Bonchev–Trinajstić information content (AvgIpc) is 2.93. The maximum Gasteiger partial charge on any atom is 0.407 e. The fraction of sp³-hybridized carbons (Fsp3) is 0.300. The van der Waals surface area contributed by atoms with Crippen LogP contribution in [0.5, 0.6) is 0 Å². The van der Waals surface area contributed by atoms with Crippen LogP contribution < -0.4 is 5.32 Å². The lowest BCUT2D eigenvalue weighted by Gasteiger charge is -2.17. The number of amides is 1. The van der Waals surface area contributed by atoms with Crippen LogP contribution in [0.15, 0.2) is 48.5 Å². The predicted octanol–water partition coefficient (Wildman–Crippen LogP) is 3.73. The lowest BCUT2D eigenvalue weighted by molar-refractivity contribution is -0.133. The molecule has 2 N–H and O–H groups in total. The Labute approximate surface area is 156 Å². The normalized spacial score (nSPS) is 13.6. The van der Waals surface area contributed by atoms with Gasteiger partial charge in [0.2, 0.25) is 0 Å². The van der Waals surface area contributed by atoms with Crippen LogP contribution in [-0.2, 0) is 9.53 Å². The summed E-state index contributed by atoms with van der Waals surface area (Å²) in [5, 5.41) is 11.4. The minimum Gasteiger partial charge on any atom is -0.481 e. The molecule has 2 aromatic carbocycles. The van der Waals surface area contributed by atoms with Gasteiger partial charge in [-0.1, -0.05) is 48.5 Å². The van der Waals surface area contributed by atoms with Crippen LogP contribution in [0.1, 0.15) is 24.0 Å². The quantitative estimate of drug-likeness (QED) is 0.776. The molecule has 0 bridgehead atoms. The van der Waals surface area contributed by atoms with Gasteiger partial charge in [0.05, 0.1) is 5.75 Å². The zero-order chi connectivity index (χ0) is 18.5. The molecule has 2 aromatic rings. The zero-order valence-electron chi connectivity index (χ0n) is 14.5. The Bertz CT molecular complexity index is 762. The van der Waals surface area contributed by atoms with Crippen molar-refractivity contribution in [1.29, 1.82) is 0 Å². The SMILES string of the molecule is C[C@H](CSCC(=O)O)NC(=O)OCC1c2ccccc2-c2ccccc21. The summed E-state index contributed by atoms with van der Waals surface area (Å²) in [5.41, 5.74) is 4.73. The van der Waals surface area contributed by atoms with Crippen molar-refractivity contribution in [3.63, 3.8) is 0 Å². The molecule has 0 fully saturated rings. The minimum absolute atomic E-state index is 0.0245. The van der Waals surface area contributed by atoms with Gasteiger partial charge in [-0.05, 0) is 29.2 Å². The first-order valence-electron chi connectivity index (χ1n) is 8.47. The standard InChI is InChI=1S/C20H21NO4S/c1-13(11-26-12-19(22)23)21-20(24)25-10-18-16-8-4-2-6-14(16)15-7-3-5-9-17(15)18/h2-9,13,18H,10-12H2,1H3,(H,21,24)(H,22,23)/t13-/m1/s1. The number of thioether (sulfide) groups is 1. The summed E-state index contributed by atoms with van der Waals surface area (Å²) in [5.74, 6) is -0.277. The van der Waals surface area contributed by atoms with Gasteiger partial charge in [0.1, 0.15) is 6.61 Å². The summed E-state index contributed by atoms with van der Waals surface area (Å²) in [6.45, 7) is 2.10. The molecular weight excluding hydrogens is 350 g/mol. The molecule has 136 valence electrons. The second kappa shape index (κ2) is 8.27. The molecule has 6 heteroatoms. The van der Waals surface area contributed by atoms with E-state index in [4.69, 9.17) is 9.84 Å². The molecule has 3 rings (SSSR count). The summed E-state index contributed by atoms with van der Waals surface area (Å²) in [4.78, 5) is 22.6. The molecule has 0 radical (unpaired) electrons. The fourth-order valence-corrected chi connectivity index (χ4v) is 3.94. The second-order valence-corrected chi connectivity index (χ2v) is 7.31. The number of ether oxygens (including phenoxy) is 1. The van der Waals surface area contributed by atoms with Crippen molar-refractivity contribution in [2.45, 2.75) is 18.9 Å². The Hall–Kier alpha value is -2.47. The van der Waals surface area contributed by atoms with Gasteiger partial charge in [-0.3, -0.25) is 4.79 Å². The van der Waals surface area contributed by atoms with Crippen LogP contribution in [0.3, 0.4) is 0 Å². The third kappa shape index (κ3) is 4.19. The Morgan fingerprint density at radius 1 is 1.12 bits per heavy atom. The third-order valence-corrected chi connectivity index (χ3v) is 5.49. The first-order chi connectivity index (χ1) is 12.6. The molecule has 1 amide bonds. The van der Waals surface area contributed by atoms with Crippen LogP contribution in [0.4, 0.5) is 4.79 Å². The number of carbonyl (C=O) groups excluding carboxylic acids is 1. The van der Waals surface area contributed by atoms with E-state index < -0.39 is 12.1 Å². The van der Waals surface area contributed by atoms with Crippen LogP contribution in [0.25, 0.3) is 11.1 Å². The number of nitrogens with one attached hydrogen (secondary N) is 1. The van der Waals surface area contributed by atoms with E-state index in [9.17, 15) is 9.59 Å². The van der Waals surface area contributed by atoms with Gasteiger partial charge in [0.25, 0.3) is 0 Å². The molecule has 1 aliphatic rings. The first kappa shape index (κ1) is 18.3. The van der Waals surface area contributed by atoms with E-state index in [0.717, 1.165) is 0 Å². The van der Waals surface area contributed by atoms with Crippen molar-refractivity contribution in [1.82, 2.24) is 5.32 Å². The van der Waals surface area contributed by atoms with Gasteiger partial charge in [-0.25, -0.2) is 4.79 Å². The van der Waals surface area contributed by atoms with Gasteiger partial charge >= 0.3 is 12.1 Å². The molecule has 0 spiro atoms. The van der Waals surface area contributed by atoms with Gasteiger partial charge < -0.3 is 15.2 Å². The average molecular weight is 371 g/mol. The van der Waals surface area contributed by atoms with Crippen molar-refractivity contribution in [2.24, 2.45) is 0 Å². The molecular formula is C20H21NO4S. The van der Waals surface area contributed by atoms with E-state index >= 15 is 0 Å². The number of aliphatic carboxylic acids is 1. The van der Waals surface area contributed by atoms with Crippen LogP contribution in [-0.4, -0.2) is 41.3 Å². The van der Waals surface area contributed by atoms with Crippen molar-refractivity contribution in [3.8, 4) is 11.1 Å². The Balaban J connectivity index is 1.58. The van der Waals surface area contributed by atoms with E-state index in [1.165, 1.54) is 34.0 Å². The summed E-state index contributed by atoms with van der Waals surface area (Å²) in [6.07, 6.45) is -0.477. The largest absolute Gasteiger partial charge is 0.481 e. The Morgan fingerprint density at radius 2 is 1.69 bits per heavy atom. The van der Waals surface area contributed by atoms with Crippen molar-refractivity contribution in [3.05, 3.63) is 59.7 Å². The van der Waals surface area contributed by atoms with E-state index in [1.54, 1.807) is 0 Å². The molecule has 0 aromatic heterocycles. The van der Waals surface area contributed by atoms with E-state index in [2.05, 4.69) is 29.6 Å². The topological polar surface area (TPSA) is 75.6 Å². The Kier molecular flexibility index (Phi) is 5.83. The summed E-state index contributed by atoms with van der Waals surface area (Å²) >= 11 is 1.27. The second-order valence-electron chi connectivity index (χ2n) is 6.28. The minimum atomic E-state index is -0.858. The molecule has 0 aliphatic heterocycles. The van der Waals surface area contributed by atoms with Crippen molar-refractivity contribution < 1.29 is 19.4 Å². The summed E-state index contributed by atoms with van der Waals surface area (Å²) in [7, 11) is 0. The van der Waals surface area contributed by atoms with Gasteiger partial charge in [0.15, 0.2) is 0 Å². The number of fused-ring (bicyclic) bond motifs is 3. The van der Waals surface area contributed by atoms with Gasteiger partial charge in [-0.15, -0.1) is 11.8 Å². The molecule has 0 heterocycles. The van der Waals surface area contributed by atoms with E-state index in [-0.39, 0.29) is 24.3 Å². The number of carboxylic acids is 1. The number of carboxylic acid groups (broad SMARTS) is 1. The van der Waals surface area contributed by atoms with Gasteiger partial charge in [0, 0.05) is 17.7 Å². The fourth-order valence-electron chi connectivity index (χ4n) is 3.21. The molecule has 0 unspecified atom stereocenters. The smallest absolute Gasteiger partial charge is 0.407 e. The highest BCUT2D eigenvalue weighted by atomic mass is 32.2. The predicted molar refractivity (Wildman–Crippen MR) is 103 cm³/mol. The van der Waals surface area contributed by atoms with Crippen molar-refractivity contribution in [2.75, 3.05) is 18.1 Å². The number of benzene rings is 2. The van der Waals surface area contributed by atoms with Crippen LogP contribution >= 0.6 is 11.8 Å². The van der Waals surface area contributed by atoms with Crippen LogP contribution in [0.2, 0.25) is 0 Å². The molecule has 26 heavy (non-hydrogen) atoms. The zero-order valence-corrected chi connectivity index (χ0v) is 15.3. The number of hydrogen-bond acceptors (Lipinski definition) is 4. The maximum atomic E-state index is 12.1. The lowest BCUT2D eigenvalue weighted by Crippen LogP contribution is -2.35. The Morgan fingerprint density at radius 3 is 2.27 bits per heavy atom. The van der Waals surface area contributed by atoms with Gasteiger partial charge in [-0.2, -0.15) is 0 Å². The number of hydrogen-bond donors (Lipinski definition) is 2. The highest BCUT2D eigenvalue weighted by Gasteiger charge is 2.29. The third-order valence-electron chi connectivity index (χ3n) is 4.30. The molecule has 1 atom stereocenters. The highest BCUT2D eigenvalue weighted by Crippen LogP contribution is 2.44. The molecule has 1 aliphatic carbocycles. The molecule has 0 saturated heterocycles. The summed E-state index contributed by atoms with van der Waals surface area (Å²) in [6, 6.07) is 16.2. The molecule has 5 nitrogen and oxygen atoms in total. The monoisotopic (exact) mass is 371 g/mol. The number of rotatable bonds is 7. The summed E-state index contributed by atoms with van der Waals surface area (Å²) < 4.78 is 5.46. The number of carbonyl (C=O) groups is 2. The number of alkyl carbamates (subject to hydrolysis) is 1. The first-order valence-corrected chi connectivity index (χ1v) is 9.62. The van der Waals surface area contributed by atoms with Crippen molar-refractivity contribution >= 4 is 23.8 Å². The van der Waals surface area contributed by atoms with E-state index in [0.29, 0.717) is 5.75 Å². The maximum absolute atomic E-state index is 12.1. The molecule has 0 saturated carbocycles. The highest BCUT2D eigenvalue weighted by molar-refractivity contribution is 7.99. The van der Waals surface area contributed by atoms with Crippen LogP contribution in [0, 0.1) is 0 Å². The lowest BCUT2D eigenvalue weighted by atomic mass is 9.98.